The number of hydrogen-bond acceptors (Lipinski definition) is 7. The first-order chi connectivity index (χ1) is 12.0. The van der Waals surface area contributed by atoms with Gasteiger partial charge in [-0.3, -0.25) is 0 Å². The van der Waals surface area contributed by atoms with E-state index in [1.165, 1.54) is 0 Å². The highest BCUT2D eigenvalue weighted by atomic mass is 35.5. The Bertz CT molecular complexity index is 762. The van der Waals surface area contributed by atoms with Crippen LogP contribution in [0.25, 0.3) is 0 Å². The molecule has 1 fully saturated rings. The van der Waals surface area contributed by atoms with Crippen LogP contribution in [-0.4, -0.2) is 28.2 Å². The lowest BCUT2D eigenvalue weighted by Gasteiger charge is -2.34. The molecule has 0 bridgehead atoms. The molecule has 132 valence electrons. The third kappa shape index (κ3) is 4.56. The van der Waals surface area contributed by atoms with E-state index in [-0.39, 0.29) is 17.7 Å². The fourth-order valence-electron chi connectivity index (χ4n) is 2.70. The van der Waals surface area contributed by atoms with Gasteiger partial charge in [-0.1, -0.05) is 23.2 Å². The SMILES string of the molecule is Nc1nc(Cl)c(N=Nc2ccc(Cl)cc2)c(NCC2CC(CO)C2)n1. The lowest BCUT2D eigenvalue weighted by molar-refractivity contribution is 0.114. The van der Waals surface area contributed by atoms with Crippen LogP contribution in [0.1, 0.15) is 12.8 Å². The molecular formula is C16H18Cl2N6O. The quantitative estimate of drug-likeness (QED) is 0.513. The summed E-state index contributed by atoms with van der Waals surface area (Å²) >= 11 is 12.0. The van der Waals surface area contributed by atoms with E-state index in [2.05, 4.69) is 25.5 Å². The molecule has 0 radical (unpaired) electrons. The second kappa shape index (κ2) is 7.95. The van der Waals surface area contributed by atoms with Gasteiger partial charge in [-0.25, -0.2) is 0 Å². The molecule has 1 saturated carbocycles. The van der Waals surface area contributed by atoms with E-state index in [0.717, 1.165) is 12.8 Å². The fraction of sp³-hybridized carbons (Fsp3) is 0.375. The van der Waals surface area contributed by atoms with Crippen molar-refractivity contribution < 1.29 is 5.11 Å². The number of nitrogens with two attached hydrogens (primary N) is 1. The smallest absolute Gasteiger partial charge is 0.223 e. The van der Waals surface area contributed by atoms with Crippen molar-refractivity contribution >= 4 is 46.3 Å². The van der Waals surface area contributed by atoms with Crippen LogP contribution in [-0.2, 0) is 0 Å². The summed E-state index contributed by atoms with van der Waals surface area (Å²) in [5.74, 6) is 1.39. The number of aliphatic hydroxyl groups excluding tert-OH is 1. The first kappa shape index (κ1) is 17.8. The molecule has 9 heteroatoms. The van der Waals surface area contributed by atoms with E-state index >= 15 is 0 Å². The molecule has 4 N–H and O–H groups in total. The molecule has 0 unspecified atom stereocenters. The molecule has 0 aliphatic heterocycles. The van der Waals surface area contributed by atoms with Gasteiger partial charge in [0.1, 0.15) is 0 Å². The standard InChI is InChI=1S/C16H18Cl2N6O/c17-11-1-3-12(4-2-11)23-24-13-14(18)21-16(19)22-15(13)20-7-9-5-10(6-9)8-25/h1-4,9-10,25H,5-8H2,(H3,19,20,21,22). The van der Waals surface area contributed by atoms with Crippen molar-refractivity contribution in [3.63, 3.8) is 0 Å². The monoisotopic (exact) mass is 380 g/mol. The molecule has 0 atom stereocenters. The van der Waals surface area contributed by atoms with Crippen LogP contribution in [0.5, 0.6) is 0 Å². The highest BCUT2D eigenvalue weighted by molar-refractivity contribution is 6.32. The Kier molecular flexibility index (Phi) is 5.67. The Labute approximate surface area is 155 Å². The van der Waals surface area contributed by atoms with Crippen molar-refractivity contribution in [3.05, 3.63) is 34.4 Å². The molecule has 1 aromatic heterocycles. The van der Waals surface area contributed by atoms with Gasteiger partial charge in [-0.2, -0.15) is 15.1 Å². The van der Waals surface area contributed by atoms with E-state index in [9.17, 15) is 0 Å². The Morgan fingerprint density at radius 1 is 1.12 bits per heavy atom. The minimum atomic E-state index is 0.0692. The molecule has 2 aromatic rings. The largest absolute Gasteiger partial charge is 0.396 e. The van der Waals surface area contributed by atoms with E-state index in [1.807, 2.05) is 0 Å². The number of nitrogen functional groups attached to an aromatic ring is 1. The lowest BCUT2D eigenvalue weighted by atomic mass is 9.75. The molecule has 0 saturated heterocycles. The normalized spacial score (nSPS) is 19.8. The number of anilines is 2. The summed E-state index contributed by atoms with van der Waals surface area (Å²) in [6.45, 7) is 0.941. The Balaban J connectivity index is 1.74. The van der Waals surface area contributed by atoms with Crippen LogP contribution >= 0.6 is 23.2 Å². The maximum Gasteiger partial charge on any atom is 0.223 e. The first-order valence-corrected chi connectivity index (χ1v) is 8.65. The summed E-state index contributed by atoms with van der Waals surface area (Å²) in [6.07, 6.45) is 1.97. The highest BCUT2D eigenvalue weighted by Crippen LogP contribution is 2.36. The predicted molar refractivity (Wildman–Crippen MR) is 98.9 cm³/mol. The predicted octanol–water partition coefficient (Wildman–Crippen LogP) is 4.21. The van der Waals surface area contributed by atoms with Crippen LogP contribution in [0, 0.1) is 11.8 Å². The van der Waals surface area contributed by atoms with Gasteiger partial charge in [0, 0.05) is 18.2 Å². The van der Waals surface area contributed by atoms with Crippen molar-refractivity contribution in [1.29, 1.82) is 0 Å². The van der Waals surface area contributed by atoms with Gasteiger partial charge in [0.05, 0.1) is 5.69 Å². The molecular weight excluding hydrogens is 363 g/mol. The van der Waals surface area contributed by atoms with Crippen molar-refractivity contribution in [2.75, 3.05) is 24.2 Å². The van der Waals surface area contributed by atoms with Crippen molar-refractivity contribution in [2.24, 2.45) is 22.1 Å². The molecule has 0 spiro atoms. The number of aliphatic hydroxyl groups is 1. The summed E-state index contributed by atoms with van der Waals surface area (Å²) in [5.41, 5.74) is 6.65. The molecule has 1 aliphatic rings. The van der Waals surface area contributed by atoms with Gasteiger partial charge >= 0.3 is 0 Å². The van der Waals surface area contributed by atoms with E-state index in [1.54, 1.807) is 24.3 Å². The van der Waals surface area contributed by atoms with Crippen LogP contribution in [0.4, 0.5) is 23.1 Å². The number of nitrogens with zero attached hydrogens (tertiary/aromatic N) is 4. The molecule has 1 heterocycles. The van der Waals surface area contributed by atoms with Crippen molar-refractivity contribution in [3.8, 4) is 0 Å². The molecule has 25 heavy (non-hydrogen) atoms. The summed E-state index contributed by atoms with van der Waals surface area (Å²) in [4.78, 5) is 8.11. The third-order valence-electron chi connectivity index (χ3n) is 4.10. The van der Waals surface area contributed by atoms with Gasteiger partial charge in [-0.05, 0) is 48.9 Å². The summed E-state index contributed by atoms with van der Waals surface area (Å²) in [7, 11) is 0. The van der Waals surface area contributed by atoms with E-state index < -0.39 is 0 Å². The summed E-state index contributed by atoms with van der Waals surface area (Å²) in [5, 5.41) is 21.4. The Hall–Kier alpha value is -1.96. The van der Waals surface area contributed by atoms with Gasteiger partial charge < -0.3 is 16.2 Å². The minimum Gasteiger partial charge on any atom is -0.396 e. The van der Waals surface area contributed by atoms with Crippen LogP contribution in [0.15, 0.2) is 34.5 Å². The van der Waals surface area contributed by atoms with Crippen molar-refractivity contribution in [1.82, 2.24) is 9.97 Å². The number of nitrogens with one attached hydrogen (secondary N) is 1. The summed E-state index contributed by atoms with van der Waals surface area (Å²) in [6, 6.07) is 6.94. The zero-order valence-electron chi connectivity index (χ0n) is 13.4. The first-order valence-electron chi connectivity index (χ1n) is 7.90. The number of aromatic nitrogens is 2. The van der Waals surface area contributed by atoms with Crippen LogP contribution in [0.3, 0.4) is 0 Å². The molecule has 7 nitrogen and oxygen atoms in total. The van der Waals surface area contributed by atoms with Crippen molar-refractivity contribution in [2.45, 2.75) is 12.8 Å². The maximum atomic E-state index is 9.09. The van der Waals surface area contributed by atoms with E-state index in [4.69, 9.17) is 34.0 Å². The number of rotatable bonds is 6. The third-order valence-corrected chi connectivity index (χ3v) is 4.62. The number of azo groups is 1. The average Bonchev–Trinajstić information content (AvgIpc) is 2.54. The zero-order chi connectivity index (χ0) is 17.8. The van der Waals surface area contributed by atoms with Crippen LogP contribution in [0.2, 0.25) is 10.2 Å². The average molecular weight is 381 g/mol. The topological polar surface area (TPSA) is 109 Å². The van der Waals surface area contributed by atoms with Gasteiger partial charge in [0.25, 0.3) is 0 Å². The number of hydrogen-bond donors (Lipinski definition) is 3. The maximum absolute atomic E-state index is 9.09. The van der Waals surface area contributed by atoms with E-state index in [0.29, 0.717) is 40.6 Å². The fourth-order valence-corrected chi connectivity index (χ4v) is 3.04. The Morgan fingerprint density at radius 2 is 1.84 bits per heavy atom. The lowest BCUT2D eigenvalue weighted by Crippen LogP contribution is -2.31. The van der Waals surface area contributed by atoms with Gasteiger partial charge in [-0.15, -0.1) is 5.11 Å². The van der Waals surface area contributed by atoms with Crippen LogP contribution < -0.4 is 11.1 Å². The summed E-state index contributed by atoms with van der Waals surface area (Å²) < 4.78 is 0. The molecule has 1 aromatic carbocycles. The second-order valence-electron chi connectivity index (χ2n) is 6.01. The minimum absolute atomic E-state index is 0.0692. The molecule has 3 rings (SSSR count). The molecule has 0 amide bonds. The number of benzene rings is 1. The van der Waals surface area contributed by atoms with Gasteiger partial charge in [0.15, 0.2) is 16.7 Å². The zero-order valence-corrected chi connectivity index (χ0v) is 14.9. The second-order valence-corrected chi connectivity index (χ2v) is 6.81. The van der Waals surface area contributed by atoms with Gasteiger partial charge in [0.2, 0.25) is 5.95 Å². The Morgan fingerprint density at radius 3 is 2.52 bits per heavy atom. The highest BCUT2D eigenvalue weighted by Gasteiger charge is 2.28. The number of halogens is 2. The molecule has 1 aliphatic carbocycles.